The third-order valence-electron chi connectivity index (χ3n) is 1.98. The largest absolute Gasteiger partial charge is 0.276 e. The van der Waals surface area contributed by atoms with Gasteiger partial charge in [0, 0.05) is 16.7 Å². The highest BCUT2D eigenvalue weighted by Crippen LogP contribution is 2.15. The van der Waals surface area contributed by atoms with Crippen molar-refractivity contribution in [2.45, 2.75) is 0 Å². The third-order valence-corrected chi connectivity index (χ3v) is 3.00. The molecule has 4 heteroatoms. The first-order valence-corrected chi connectivity index (χ1v) is 5.89. The van der Waals surface area contributed by atoms with E-state index in [-0.39, 0.29) is 0 Å². The molecule has 0 fully saturated rings. The highest BCUT2D eigenvalue weighted by molar-refractivity contribution is 7.11. The van der Waals surface area contributed by atoms with Gasteiger partial charge in [-0.15, -0.1) is 11.3 Å². The Morgan fingerprint density at radius 2 is 2.00 bits per heavy atom. The van der Waals surface area contributed by atoms with Crippen molar-refractivity contribution in [3.8, 4) is 0 Å². The van der Waals surface area contributed by atoms with Crippen LogP contribution >= 0.6 is 22.9 Å². The molecule has 0 N–H and O–H groups in total. The summed E-state index contributed by atoms with van der Waals surface area (Å²) in [4.78, 5) is 16.2. The molecule has 0 unspecified atom stereocenters. The van der Waals surface area contributed by atoms with Crippen molar-refractivity contribution in [2.24, 2.45) is 4.99 Å². The van der Waals surface area contributed by atoms with Crippen LogP contribution in [-0.4, -0.2) is 11.5 Å². The highest BCUT2D eigenvalue weighted by atomic mass is 35.5. The van der Waals surface area contributed by atoms with Gasteiger partial charge >= 0.3 is 0 Å². The Morgan fingerprint density at radius 1 is 1.25 bits per heavy atom. The summed E-state index contributed by atoms with van der Waals surface area (Å²) in [5.74, 6) is 0. The lowest BCUT2D eigenvalue weighted by atomic mass is 10.2. The summed E-state index contributed by atoms with van der Waals surface area (Å²) in [7, 11) is 0. The zero-order valence-corrected chi connectivity index (χ0v) is 9.83. The number of aliphatic imine (C=N–C) groups is 1. The Bertz CT molecular complexity index is 502. The smallest absolute Gasteiger partial charge is 0.252 e. The molecule has 0 spiro atoms. The normalized spacial score (nSPS) is 10.8. The molecule has 0 aliphatic heterocycles. The molecule has 1 heterocycles. The van der Waals surface area contributed by atoms with Crippen LogP contribution in [-0.2, 0) is 0 Å². The molecule has 16 heavy (non-hydrogen) atoms. The average Bonchev–Trinajstić information content (AvgIpc) is 2.80. The average molecular weight is 250 g/mol. The summed E-state index contributed by atoms with van der Waals surface area (Å²) in [6, 6.07) is 10.8. The van der Waals surface area contributed by atoms with Crippen LogP contribution in [0, 0.1) is 0 Å². The summed E-state index contributed by atoms with van der Waals surface area (Å²) in [5.41, 5.74) is 1.28. The molecule has 0 bridgehead atoms. The van der Waals surface area contributed by atoms with Crippen LogP contribution in [0.15, 0.2) is 46.8 Å². The zero-order valence-electron chi connectivity index (χ0n) is 8.26. The Kier molecular flexibility index (Phi) is 3.49. The summed E-state index contributed by atoms with van der Waals surface area (Å²) in [5, 5.41) is 1.55. The van der Waals surface area contributed by atoms with Gasteiger partial charge in [0.05, 0.1) is 5.69 Å². The number of carbonyl (C=O) groups is 1. The van der Waals surface area contributed by atoms with Gasteiger partial charge in [0.25, 0.3) is 5.24 Å². The fraction of sp³-hybridized carbons (Fsp3) is 0. The molecule has 0 atom stereocenters. The lowest BCUT2D eigenvalue weighted by molar-refractivity contribution is 0.108. The number of hydrogen-bond donors (Lipinski definition) is 0. The molecular formula is C12H8ClNOS. The van der Waals surface area contributed by atoms with Crippen LogP contribution in [0.3, 0.4) is 0 Å². The minimum Gasteiger partial charge on any atom is -0.276 e. The quantitative estimate of drug-likeness (QED) is 0.600. The van der Waals surface area contributed by atoms with E-state index in [9.17, 15) is 4.79 Å². The first kappa shape index (κ1) is 11.0. The van der Waals surface area contributed by atoms with Crippen molar-refractivity contribution in [1.29, 1.82) is 0 Å². The standard InChI is InChI=1S/C12H8ClNOS/c13-12(15)9-3-5-10(6-4-9)14-8-11-2-1-7-16-11/h1-8H/b14-8-. The van der Waals surface area contributed by atoms with Gasteiger partial charge in [-0.25, -0.2) is 0 Å². The minimum absolute atomic E-state index is 0.450. The second kappa shape index (κ2) is 5.05. The van der Waals surface area contributed by atoms with Crippen molar-refractivity contribution in [3.63, 3.8) is 0 Å². The fourth-order valence-corrected chi connectivity index (χ4v) is 1.89. The number of rotatable bonds is 3. The van der Waals surface area contributed by atoms with Crippen LogP contribution in [0.25, 0.3) is 0 Å². The van der Waals surface area contributed by atoms with E-state index in [0.29, 0.717) is 5.56 Å². The summed E-state index contributed by atoms with van der Waals surface area (Å²) >= 11 is 6.96. The molecule has 1 aromatic carbocycles. The number of nitrogens with zero attached hydrogens (tertiary/aromatic N) is 1. The van der Waals surface area contributed by atoms with Crippen molar-refractivity contribution in [1.82, 2.24) is 0 Å². The molecule has 2 rings (SSSR count). The molecular weight excluding hydrogens is 242 g/mol. The number of hydrogen-bond acceptors (Lipinski definition) is 3. The van der Waals surface area contributed by atoms with Crippen LogP contribution in [0.1, 0.15) is 15.2 Å². The van der Waals surface area contributed by atoms with Gasteiger partial charge in [-0.1, -0.05) is 6.07 Å². The molecule has 0 amide bonds. The molecule has 0 saturated carbocycles. The Morgan fingerprint density at radius 3 is 2.56 bits per heavy atom. The minimum atomic E-state index is -0.450. The summed E-state index contributed by atoms with van der Waals surface area (Å²) in [6.07, 6.45) is 1.79. The first-order valence-electron chi connectivity index (χ1n) is 4.63. The van der Waals surface area contributed by atoms with Gasteiger partial charge in [0.15, 0.2) is 0 Å². The van der Waals surface area contributed by atoms with Gasteiger partial charge in [0.1, 0.15) is 0 Å². The number of carbonyl (C=O) groups excluding carboxylic acids is 1. The van der Waals surface area contributed by atoms with Crippen molar-refractivity contribution in [3.05, 3.63) is 52.2 Å². The summed E-state index contributed by atoms with van der Waals surface area (Å²) in [6.45, 7) is 0. The van der Waals surface area contributed by atoms with E-state index in [4.69, 9.17) is 11.6 Å². The van der Waals surface area contributed by atoms with Gasteiger partial charge in [-0.05, 0) is 47.3 Å². The highest BCUT2D eigenvalue weighted by Gasteiger charge is 1.99. The van der Waals surface area contributed by atoms with Crippen LogP contribution in [0.4, 0.5) is 5.69 Å². The maximum Gasteiger partial charge on any atom is 0.252 e. The van der Waals surface area contributed by atoms with Crippen LogP contribution in [0.5, 0.6) is 0 Å². The van der Waals surface area contributed by atoms with Crippen molar-refractivity contribution in [2.75, 3.05) is 0 Å². The Balaban J connectivity index is 2.14. The van der Waals surface area contributed by atoms with E-state index in [0.717, 1.165) is 10.6 Å². The van der Waals surface area contributed by atoms with Crippen LogP contribution < -0.4 is 0 Å². The van der Waals surface area contributed by atoms with Crippen molar-refractivity contribution < 1.29 is 4.79 Å². The first-order chi connectivity index (χ1) is 7.75. The topological polar surface area (TPSA) is 29.4 Å². The Labute approximate surface area is 102 Å². The Hall–Kier alpha value is -1.45. The number of halogens is 1. The molecule has 0 aliphatic carbocycles. The fourth-order valence-electron chi connectivity index (χ4n) is 1.18. The van der Waals surface area contributed by atoms with Crippen LogP contribution in [0.2, 0.25) is 0 Å². The summed E-state index contributed by atoms with van der Waals surface area (Å²) < 4.78 is 0. The molecule has 0 radical (unpaired) electrons. The third kappa shape index (κ3) is 2.78. The van der Waals surface area contributed by atoms with E-state index in [2.05, 4.69) is 4.99 Å². The molecule has 1 aromatic heterocycles. The lowest BCUT2D eigenvalue weighted by Gasteiger charge is -1.94. The zero-order chi connectivity index (χ0) is 11.4. The molecule has 0 aliphatic rings. The SMILES string of the molecule is O=C(Cl)c1ccc(/N=C\c2cccs2)cc1. The van der Waals surface area contributed by atoms with Crippen molar-refractivity contribution >= 4 is 40.1 Å². The van der Waals surface area contributed by atoms with Gasteiger partial charge < -0.3 is 0 Å². The predicted octanol–water partition coefficient (Wildman–Crippen LogP) is 3.88. The molecule has 80 valence electrons. The van der Waals surface area contributed by atoms with E-state index in [1.165, 1.54) is 0 Å². The maximum atomic E-state index is 10.8. The van der Waals surface area contributed by atoms with Gasteiger partial charge in [-0.2, -0.15) is 0 Å². The van der Waals surface area contributed by atoms with E-state index < -0.39 is 5.24 Å². The van der Waals surface area contributed by atoms with Gasteiger partial charge in [0.2, 0.25) is 0 Å². The maximum absolute atomic E-state index is 10.8. The van der Waals surface area contributed by atoms with E-state index in [1.54, 1.807) is 41.8 Å². The van der Waals surface area contributed by atoms with E-state index >= 15 is 0 Å². The molecule has 0 saturated heterocycles. The second-order valence-corrected chi connectivity index (χ2v) is 4.42. The molecule has 2 aromatic rings. The lowest BCUT2D eigenvalue weighted by Crippen LogP contribution is -1.85. The monoisotopic (exact) mass is 249 g/mol. The molecule has 2 nitrogen and oxygen atoms in total. The number of thiophene rings is 1. The number of benzene rings is 1. The predicted molar refractivity (Wildman–Crippen MR) is 68.2 cm³/mol. The second-order valence-electron chi connectivity index (χ2n) is 3.09. The van der Waals surface area contributed by atoms with Gasteiger partial charge in [-0.3, -0.25) is 9.79 Å². The van der Waals surface area contributed by atoms with E-state index in [1.807, 2.05) is 17.5 Å².